The van der Waals surface area contributed by atoms with Crippen LogP contribution in [-0.4, -0.2) is 32.3 Å². The first-order valence-electron chi connectivity index (χ1n) is 6.06. The molecule has 0 fully saturated rings. The monoisotopic (exact) mass is 252 g/mol. The molecule has 1 aromatic rings. The maximum absolute atomic E-state index is 11.8. The first-order valence-corrected chi connectivity index (χ1v) is 6.06. The fourth-order valence-corrected chi connectivity index (χ4v) is 1.49. The van der Waals surface area contributed by atoms with Gasteiger partial charge in [0, 0.05) is 30.5 Å². The number of carbonyl (C=O) groups excluding carboxylic acids is 1. The van der Waals surface area contributed by atoms with Crippen molar-refractivity contribution in [2.45, 2.75) is 13.8 Å². The van der Waals surface area contributed by atoms with Crippen LogP contribution in [0, 0.1) is 0 Å². The Morgan fingerprint density at radius 3 is 2.72 bits per heavy atom. The number of hydrogen-bond donors (Lipinski definition) is 2. The molecule has 100 valence electrons. The van der Waals surface area contributed by atoms with Gasteiger partial charge in [0.15, 0.2) is 0 Å². The Morgan fingerprint density at radius 2 is 2.06 bits per heavy atom. The smallest absolute Gasteiger partial charge is 0.251 e. The Labute approximate surface area is 107 Å². The molecule has 1 rings (SSSR count). The van der Waals surface area contributed by atoms with E-state index in [2.05, 4.69) is 5.32 Å². The highest BCUT2D eigenvalue weighted by molar-refractivity contribution is 5.95. The van der Waals surface area contributed by atoms with Crippen LogP contribution < -0.4 is 15.8 Å². The minimum Gasteiger partial charge on any atom is -0.494 e. The summed E-state index contributed by atoms with van der Waals surface area (Å²) in [6.45, 7) is 5.95. The number of hydrogen-bond acceptors (Lipinski definition) is 4. The van der Waals surface area contributed by atoms with E-state index in [0.717, 1.165) is 0 Å². The van der Waals surface area contributed by atoms with Gasteiger partial charge in [-0.2, -0.15) is 0 Å². The maximum atomic E-state index is 11.8. The molecule has 18 heavy (non-hydrogen) atoms. The van der Waals surface area contributed by atoms with Crippen LogP contribution in [-0.2, 0) is 4.74 Å². The summed E-state index contributed by atoms with van der Waals surface area (Å²) >= 11 is 0. The topological polar surface area (TPSA) is 73.6 Å². The molecule has 0 aromatic heterocycles. The number of carbonyl (C=O) groups is 1. The summed E-state index contributed by atoms with van der Waals surface area (Å²) in [7, 11) is 0. The Bertz CT molecular complexity index is 394. The van der Waals surface area contributed by atoms with Crippen molar-refractivity contribution in [3.05, 3.63) is 23.8 Å². The maximum Gasteiger partial charge on any atom is 0.251 e. The molecule has 1 amide bonds. The summed E-state index contributed by atoms with van der Waals surface area (Å²) in [5, 5.41) is 2.76. The van der Waals surface area contributed by atoms with Crippen LogP contribution in [0.1, 0.15) is 24.2 Å². The Morgan fingerprint density at radius 1 is 1.28 bits per heavy atom. The van der Waals surface area contributed by atoms with Crippen molar-refractivity contribution in [1.29, 1.82) is 0 Å². The molecule has 0 aliphatic rings. The molecule has 0 aliphatic heterocycles. The van der Waals surface area contributed by atoms with Gasteiger partial charge in [0.25, 0.3) is 5.91 Å². The molecular weight excluding hydrogens is 232 g/mol. The van der Waals surface area contributed by atoms with Crippen molar-refractivity contribution in [1.82, 2.24) is 5.32 Å². The minimum atomic E-state index is -0.178. The molecule has 0 aliphatic carbocycles. The SMILES string of the molecule is CCOCCNC(=O)c1cc(N)cc(OCC)c1. The number of ether oxygens (including phenoxy) is 2. The fourth-order valence-electron chi connectivity index (χ4n) is 1.49. The lowest BCUT2D eigenvalue weighted by molar-refractivity contribution is 0.0922. The Balaban J connectivity index is 2.61. The molecule has 0 heterocycles. The highest BCUT2D eigenvalue weighted by Crippen LogP contribution is 2.18. The van der Waals surface area contributed by atoms with Gasteiger partial charge in [-0.3, -0.25) is 4.79 Å². The van der Waals surface area contributed by atoms with E-state index in [0.29, 0.717) is 43.4 Å². The lowest BCUT2D eigenvalue weighted by Gasteiger charge is -2.09. The molecule has 1 aromatic carbocycles. The molecule has 0 unspecified atom stereocenters. The zero-order chi connectivity index (χ0) is 13.4. The minimum absolute atomic E-state index is 0.178. The van der Waals surface area contributed by atoms with E-state index in [4.69, 9.17) is 15.2 Å². The van der Waals surface area contributed by atoms with Crippen LogP contribution >= 0.6 is 0 Å². The molecule has 0 saturated heterocycles. The second-order valence-corrected chi connectivity index (χ2v) is 3.68. The van der Waals surface area contributed by atoms with Crippen LogP contribution in [0.5, 0.6) is 5.75 Å². The first-order chi connectivity index (χ1) is 8.67. The van der Waals surface area contributed by atoms with Gasteiger partial charge in [0.1, 0.15) is 5.75 Å². The van der Waals surface area contributed by atoms with E-state index in [-0.39, 0.29) is 5.91 Å². The van der Waals surface area contributed by atoms with Gasteiger partial charge in [-0.15, -0.1) is 0 Å². The summed E-state index contributed by atoms with van der Waals surface area (Å²) in [5.41, 5.74) is 6.72. The molecule has 0 bridgehead atoms. The fraction of sp³-hybridized carbons (Fsp3) is 0.462. The number of nitrogens with two attached hydrogens (primary N) is 1. The van der Waals surface area contributed by atoms with E-state index < -0.39 is 0 Å². The highest BCUT2D eigenvalue weighted by atomic mass is 16.5. The van der Waals surface area contributed by atoms with Crippen LogP contribution in [0.25, 0.3) is 0 Å². The summed E-state index contributed by atoms with van der Waals surface area (Å²) in [5.74, 6) is 0.426. The Kier molecular flexibility index (Phi) is 6.00. The van der Waals surface area contributed by atoms with Crippen molar-refractivity contribution in [3.8, 4) is 5.75 Å². The van der Waals surface area contributed by atoms with Gasteiger partial charge >= 0.3 is 0 Å². The van der Waals surface area contributed by atoms with Gasteiger partial charge in [-0.05, 0) is 26.0 Å². The standard InChI is InChI=1S/C13H20N2O3/c1-3-17-6-5-15-13(16)10-7-11(14)9-12(8-10)18-4-2/h7-9H,3-6,14H2,1-2H3,(H,15,16). The zero-order valence-electron chi connectivity index (χ0n) is 10.9. The third kappa shape index (κ3) is 4.63. The average molecular weight is 252 g/mol. The lowest BCUT2D eigenvalue weighted by Crippen LogP contribution is -2.27. The predicted octanol–water partition coefficient (Wildman–Crippen LogP) is 1.43. The van der Waals surface area contributed by atoms with Crippen LogP contribution in [0.4, 0.5) is 5.69 Å². The number of anilines is 1. The first kappa shape index (κ1) is 14.3. The second-order valence-electron chi connectivity index (χ2n) is 3.68. The van der Waals surface area contributed by atoms with Crippen LogP contribution in [0.3, 0.4) is 0 Å². The van der Waals surface area contributed by atoms with E-state index in [1.165, 1.54) is 0 Å². The van der Waals surface area contributed by atoms with Gasteiger partial charge < -0.3 is 20.5 Å². The number of nitrogen functional groups attached to an aromatic ring is 1. The number of benzene rings is 1. The van der Waals surface area contributed by atoms with Gasteiger partial charge in [0.05, 0.1) is 13.2 Å². The lowest BCUT2D eigenvalue weighted by atomic mass is 10.1. The average Bonchev–Trinajstić information content (AvgIpc) is 2.34. The molecule has 0 radical (unpaired) electrons. The molecule has 5 nitrogen and oxygen atoms in total. The summed E-state index contributed by atoms with van der Waals surface area (Å²) in [6.07, 6.45) is 0. The van der Waals surface area contributed by atoms with Gasteiger partial charge in [0.2, 0.25) is 0 Å². The number of amides is 1. The number of nitrogens with one attached hydrogen (secondary N) is 1. The quantitative estimate of drug-likeness (QED) is 0.569. The van der Waals surface area contributed by atoms with Crippen molar-refractivity contribution in [3.63, 3.8) is 0 Å². The third-order valence-electron chi connectivity index (χ3n) is 2.24. The largest absolute Gasteiger partial charge is 0.494 e. The van der Waals surface area contributed by atoms with Gasteiger partial charge in [-0.1, -0.05) is 0 Å². The molecular formula is C13H20N2O3. The van der Waals surface area contributed by atoms with Crippen molar-refractivity contribution >= 4 is 11.6 Å². The van der Waals surface area contributed by atoms with Gasteiger partial charge in [-0.25, -0.2) is 0 Å². The zero-order valence-corrected chi connectivity index (χ0v) is 10.9. The van der Waals surface area contributed by atoms with E-state index in [1.54, 1.807) is 18.2 Å². The van der Waals surface area contributed by atoms with E-state index in [1.807, 2.05) is 13.8 Å². The second kappa shape index (κ2) is 7.55. The van der Waals surface area contributed by atoms with Crippen molar-refractivity contribution < 1.29 is 14.3 Å². The van der Waals surface area contributed by atoms with Crippen molar-refractivity contribution in [2.75, 3.05) is 32.1 Å². The Hall–Kier alpha value is -1.75. The van der Waals surface area contributed by atoms with Crippen LogP contribution in [0.2, 0.25) is 0 Å². The van der Waals surface area contributed by atoms with E-state index in [9.17, 15) is 4.79 Å². The molecule has 3 N–H and O–H groups in total. The summed E-state index contributed by atoms with van der Waals surface area (Å²) < 4.78 is 10.5. The third-order valence-corrected chi connectivity index (χ3v) is 2.24. The highest BCUT2D eigenvalue weighted by Gasteiger charge is 2.07. The number of rotatable bonds is 7. The summed E-state index contributed by atoms with van der Waals surface area (Å²) in [4.78, 5) is 11.8. The van der Waals surface area contributed by atoms with Crippen molar-refractivity contribution in [2.24, 2.45) is 0 Å². The molecule has 5 heteroatoms. The summed E-state index contributed by atoms with van der Waals surface area (Å²) in [6, 6.07) is 4.99. The molecule has 0 spiro atoms. The normalized spacial score (nSPS) is 10.1. The van der Waals surface area contributed by atoms with E-state index >= 15 is 0 Å². The predicted molar refractivity (Wildman–Crippen MR) is 70.8 cm³/mol. The molecule has 0 atom stereocenters. The molecule has 0 saturated carbocycles. The van der Waals surface area contributed by atoms with Crippen LogP contribution in [0.15, 0.2) is 18.2 Å².